The minimum Gasteiger partial charge on any atom is -0.481 e. The van der Waals surface area contributed by atoms with Crippen LogP contribution in [-0.4, -0.2) is 41.8 Å². The number of carbonyl (C=O) groups is 3. The Bertz CT molecular complexity index is 960. The average molecular weight is 453 g/mol. The van der Waals surface area contributed by atoms with Gasteiger partial charge in [0.25, 0.3) is 0 Å². The van der Waals surface area contributed by atoms with E-state index in [1.165, 1.54) is 0 Å². The SMILES string of the molecule is CCCC(CC(=O)O)NC(=O)C(C)C(C)NC(=O)OCC1c2ccccc2-c2ccccc21. The zero-order valence-corrected chi connectivity index (χ0v) is 19.3. The molecule has 7 heteroatoms. The van der Waals surface area contributed by atoms with E-state index in [0.717, 1.165) is 28.7 Å². The molecule has 0 saturated carbocycles. The second-order valence-electron chi connectivity index (χ2n) is 8.64. The Morgan fingerprint density at radius 1 is 0.970 bits per heavy atom. The number of aliphatic carboxylic acids is 1. The number of carboxylic acids is 1. The van der Waals surface area contributed by atoms with Crippen LogP contribution in [0.4, 0.5) is 4.79 Å². The lowest BCUT2D eigenvalue weighted by Crippen LogP contribution is -2.47. The fraction of sp³-hybridized carbons (Fsp3) is 0.423. The number of rotatable bonds is 10. The first-order chi connectivity index (χ1) is 15.8. The molecular formula is C26H32N2O5. The summed E-state index contributed by atoms with van der Waals surface area (Å²) in [6, 6.07) is 15.3. The molecule has 0 spiro atoms. The van der Waals surface area contributed by atoms with Crippen LogP contribution in [-0.2, 0) is 14.3 Å². The van der Waals surface area contributed by atoms with Crippen LogP contribution in [0.25, 0.3) is 11.1 Å². The third kappa shape index (κ3) is 5.92. The number of nitrogens with one attached hydrogen (secondary N) is 2. The lowest BCUT2D eigenvalue weighted by molar-refractivity contribution is -0.137. The summed E-state index contributed by atoms with van der Waals surface area (Å²) in [6.07, 6.45) is 0.638. The quantitative estimate of drug-likeness (QED) is 0.498. The molecule has 1 aliphatic rings. The third-order valence-electron chi connectivity index (χ3n) is 6.26. The van der Waals surface area contributed by atoms with Crippen LogP contribution < -0.4 is 10.6 Å². The summed E-state index contributed by atoms with van der Waals surface area (Å²) in [7, 11) is 0. The van der Waals surface area contributed by atoms with E-state index in [0.29, 0.717) is 6.42 Å². The Labute approximate surface area is 194 Å². The van der Waals surface area contributed by atoms with Gasteiger partial charge in [-0.1, -0.05) is 68.8 Å². The summed E-state index contributed by atoms with van der Waals surface area (Å²) in [5, 5.41) is 14.6. The van der Waals surface area contributed by atoms with Gasteiger partial charge in [0.1, 0.15) is 6.61 Å². The molecule has 0 fully saturated rings. The first kappa shape index (κ1) is 24.3. The fourth-order valence-corrected chi connectivity index (χ4v) is 4.30. The summed E-state index contributed by atoms with van der Waals surface area (Å²) in [6.45, 7) is 5.57. The zero-order valence-electron chi connectivity index (χ0n) is 19.3. The van der Waals surface area contributed by atoms with E-state index in [1.54, 1.807) is 13.8 Å². The molecule has 3 N–H and O–H groups in total. The molecule has 176 valence electrons. The number of amides is 2. The normalized spacial score (nSPS) is 15.0. The van der Waals surface area contributed by atoms with Crippen molar-refractivity contribution in [1.29, 1.82) is 0 Å². The van der Waals surface area contributed by atoms with Gasteiger partial charge < -0.3 is 20.5 Å². The highest BCUT2D eigenvalue weighted by molar-refractivity contribution is 5.81. The van der Waals surface area contributed by atoms with Crippen molar-refractivity contribution in [2.75, 3.05) is 6.61 Å². The predicted molar refractivity (Wildman–Crippen MR) is 126 cm³/mol. The van der Waals surface area contributed by atoms with Crippen molar-refractivity contribution in [1.82, 2.24) is 10.6 Å². The average Bonchev–Trinajstić information content (AvgIpc) is 3.10. The van der Waals surface area contributed by atoms with Crippen molar-refractivity contribution in [3.63, 3.8) is 0 Å². The second kappa shape index (κ2) is 11.0. The summed E-state index contributed by atoms with van der Waals surface area (Å²) < 4.78 is 5.55. The van der Waals surface area contributed by atoms with Crippen LogP contribution in [0.1, 0.15) is 57.1 Å². The van der Waals surface area contributed by atoms with Gasteiger partial charge in [0.05, 0.1) is 12.3 Å². The van der Waals surface area contributed by atoms with Gasteiger partial charge in [-0.25, -0.2) is 4.79 Å². The molecule has 0 bridgehead atoms. The molecule has 3 unspecified atom stereocenters. The van der Waals surface area contributed by atoms with Crippen LogP contribution in [0, 0.1) is 5.92 Å². The number of ether oxygens (including phenoxy) is 1. The maximum atomic E-state index is 12.6. The minimum atomic E-state index is -0.953. The molecule has 0 aromatic heterocycles. The summed E-state index contributed by atoms with van der Waals surface area (Å²) in [4.78, 5) is 36.1. The molecule has 1 aliphatic carbocycles. The third-order valence-corrected chi connectivity index (χ3v) is 6.26. The first-order valence-electron chi connectivity index (χ1n) is 11.5. The Balaban J connectivity index is 1.55. The van der Waals surface area contributed by atoms with Crippen molar-refractivity contribution in [2.24, 2.45) is 5.92 Å². The number of benzene rings is 2. The zero-order chi connectivity index (χ0) is 24.0. The van der Waals surface area contributed by atoms with E-state index in [9.17, 15) is 14.4 Å². The van der Waals surface area contributed by atoms with Crippen LogP contribution in [0.3, 0.4) is 0 Å². The highest BCUT2D eigenvalue weighted by Crippen LogP contribution is 2.44. The van der Waals surface area contributed by atoms with E-state index in [4.69, 9.17) is 9.84 Å². The second-order valence-corrected chi connectivity index (χ2v) is 8.64. The van der Waals surface area contributed by atoms with Gasteiger partial charge in [0.2, 0.25) is 5.91 Å². The molecular weight excluding hydrogens is 420 g/mol. The molecule has 3 atom stereocenters. The van der Waals surface area contributed by atoms with E-state index in [1.807, 2.05) is 31.2 Å². The van der Waals surface area contributed by atoms with Crippen molar-refractivity contribution < 1.29 is 24.2 Å². The Morgan fingerprint density at radius 2 is 1.55 bits per heavy atom. The summed E-state index contributed by atoms with van der Waals surface area (Å²) in [5.41, 5.74) is 4.58. The number of hydrogen-bond acceptors (Lipinski definition) is 4. The van der Waals surface area contributed by atoms with Crippen LogP contribution in [0.2, 0.25) is 0 Å². The van der Waals surface area contributed by atoms with E-state index in [2.05, 4.69) is 34.9 Å². The predicted octanol–water partition coefficient (Wildman–Crippen LogP) is 4.31. The largest absolute Gasteiger partial charge is 0.481 e. The smallest absolute Gasteiger partial charge is 0.407 e. The standard InChI is InChI=1S/C26H32N2O5/c1-4-9-18(14-24(29)30)28-25(31)16(2)17(3)27-26(32)33-15-23-21-12-7-5-10-19(21)20-11-6-8-13-22(20)23/h5-8,10-13,16-18,23H,4,9,14-15H2,1-3H3,(H,27,32)(H,28,31)(H,29,30). The van der Waals surface area contributed by atoms with Crippen molar-refractivity contribution in [3.8, 4) is 11.1 Å². The first-order valence-corrected chi connectivity index (χ1v) is 11.5. The molecule has 33 heavy (non-hydrogen) atoms. The van der Waals surface area contributed by atoms with Crippen molar-refractivity contribution in [3.05, 3.63) is 59.7 Å². The molecule has 2 amide bonds. The van der Waals surface area contributed by atoms with E-state index in [-0.39, 0.29) is 24.9 Å². The maximum Gasteiger partial charge on any atom is 0.407 e. The van der Waals surface area contributed by atoms with Crippen molar-refractivity contribution in [2.45, 2.75) is 58.0 Å². The molecule has 2 aromatic carbocycles. The highest BCUT2D eigenvalue weighted by atomic mass is 16.5. The van der Waals surface area contributed by atoms with E-state index < -0.39 is 30.1 Å². The molecule has 0 radical (unpaired) electrons. The van der Waals surface area contributed by atoms with Crippen molar-refractivity contribution >= 4 is 18.0 Å². The fourth-order valence-electron chi connectivity index (χ4n) is 4.30. The molecule has 0 heterocycles. The molecule has 3 rings (SSSR count). The molecule has 0 saturated heterocycles. The van der Waals surface area contributed by atoms with Gasteiger partial charge in [0, 0.05) is 18.0 Å². The van der Waals surface area contributed by atoms with Gasteiger partial charge >= 0.3 is 12.1 Å². The Morgan fingerprint density at radius 3 is 2.09 bits per heavy atom. The van der Waals surface area contributed by atoms with Crippen LogP contribution >= 0.6 is 0 Å². The lowest BCUT2D eigenvalue weighted by atomic mass is 9.98. The lowest BCUT2D eigenvalue weighted by Gasteiger charge is -2.24. The molecule has 7 nitrogen and oxygen atoms in total. The van der Waals surface area contributed by atoms with Gasteiger partial charge in [-0.2, -0.15) is 0 Å². The van der Waals surface area contributed by atoms with Crippen LogP contribution in [0.15, 0.2) is 48.5 Å². The number of fused-ring (bicyclic) bond motifs is 3. The molecule has 0 aliphatic heterocycles. The number of carbonyl (C=O) groups excluding carboxylic acids is 2. The van der Waals surface area contributed by atoms with Gasteiger partial charge in [-0.3, -0.25) is 9.59 Å². The van der Waals surface area contributed by atoms with Gasteiger partial charge in [-0.15, -0.1) is 0 Å². The van der Waals surface area contributed by atoms with E-state index >= 15 is 0 Å². The van der Waals surface area contributed by atoms with Gasteiger partial charge in [-0.05, 0) is 35.6 Å². The molecule has 2 aromatic rings. The van der Waals surface area contributed by atoms with Gasteiger partial charge in [0.15, 0.2) is 0 Å². The maximum absolute atomic E-state index is 12.6. The van der Waals surface area contributed by atoms with Crippen LogP contribution in [0.5, 0.6) is 0 Å². The topological polar surface area (TPSA) is 105 Å². The number of carboxylic acid groups (broad SMARTS) is 1. The summed E-state index contributed by atoms with van der Waals surface area (Å²) in [5.74, 6) is -1.82. The minimum absolute atomic E-state index is 0.0370. The summed E-state index contributed by atoms with van der Waals surface area (Å²) >= 11 is 0. The number of alkyl carbamates (subject to hydrolysis) is 1. The Kier molecular flexibility index (Phi) is 8.09. The number of hydrogen-bond donors (Lipinski definition) is 3. The monoisotopic (exact) mass is 452 g/mol. The highest BCUT2D eigenvalue weighted by Gasteiger charge is 2.30. The Hall–Kier alpha value is -3.35.